The Kier molecular flexibility index (Phi) is 4.83. The van der Waals surface area contributed by atoms with Gasteiger partial charge in [0.05, 0.1) is 17.7 Å². The molecule has 0 bridgehead atoms. The van der Waals surface area contributed by atoms with Crippen LogP contribution in [-0.4, -0.2) is 18.2 Å². The Morgan fingerprint density at radius 2 is 2.00 bits per heavy atom. The maximum Gasteiger partial charge on any atom is 0.264 e. The van der Waals surface area contributed by atoms with Crippen LogP contribution < -0.4 is 10.1 Å². The molecule has 1 aliphatic heterocycles. The van der Waals surface area contributed by atoms with Gasteiger partial charge in [-0.1, -0.05) is 28.1 Å². The minimum absolute atomic E-state index is 0.145. The minimum Gasteiger partial charge on any atom is -0.497 e. The summed E-state index contributed by atoms with van der Waals surface area (Å²) in [7, 11) is 1.62. The number of hydrogen-bond donors (Lipinski definition) is 1. The zero-order valence-electron chi connectivity index (χ0n) is 12.2. The third-order valence-corrected chi connectivity index (χ3v) is 4.54. The SMILES string of the molecule is COc1cccc(C=C2SC(=Nc3ccc(Br)cc3)NC2=O)c1. The van der Waals surface area contributed by atoms with Gasteiger partial charge in [-0.15, -0.1) is 0 Å². The molecule has 6 heteroatoms. The van der Waals surface area contributed by atoms with Gasteiger partial charge in [-0.25, -0.2) is 4.99 Å². The monoisotopic (exact) mass is 388 g/mol. The van der Waals surface area contributed by atoms with Crippen LogP contribution >= 0.6 is 27.7 Å². The van der Waals surface area contributed by atoms with Crippen LogP contribution in [0.3, 0.4) is 0 Å². The van der Waals surface area contributed by atoms with E-state index in [-0.39, 0.29) is 5.91 Å². The number of thioether (sulfide) groups is 1. The predicted octanol–water partition coefficient (Wildman–Crippen LogP) is 4.35. The molecular formula is C17H13BrN2O2S. The van der Waals surface area contributed by atoms with Crippen LogP contribution in [0.1, 0.15) is 5.56 Å². The van der Waals surface area contributed by atoms with Crippen molar-refractivity contribution in [1.29, 1.82) is 0 Å². The van der Waals surface area contributed by atoms with Crippen LogP contribution in [0.15, 0.2) is 62.9 Å². The molecule has 0 spiro atoms. The first-order chi connectivity index (χ1) is 11.1. The molecule has 4 nitrogen and oxygen atoms in total. The zero-order valence-corrected chi connectivity index (χ0v) is 14.6. The summed E-state index contributed by atoms with van der Waals surface area (Å²) in [6.45, 7) is 0. The molecule has 1 amide bonds. The quantitative estimate of drug-likeness (QED) is 0.795. The van der Waals surface area contributed by atoms with Crippen LogP contribution in [0.2, 0.25) is 0 Å². The van der Waals surface area contributed by atoms with E-state index in [1.165, 1.54) is 11.8 Å². The number of halogens is 1. The Morgan fingerprint density at radius 3 is 2.74 bits per heavy atom. The molecule has 1 aliphatic rings. The smallest absolute Gasteiger partial charge is 0.264 e. The summed E-state index contributed by atoms with van der Waals surface area (Å²) in [5.41, 5.74) is 1.70. The van der Waals surface area contributed by atoms with Gasteiger partial charge in [0.25, 0.3) is 5.91 Å². The van der Waals surface area contributed by atoms with Crippen molar-refractivity contribution < 1.29 is 9.53 Å². The lowest BCUT2D eigenvalue weighted by atomic mass is 10.2. The molecule has 1 saturated heterocycles. The van der Waals surface area contributed by atoms with E-state index in [4.69, 9.17) is 4.74 Å². The normalized spacial score (nSPS) is 17.6. The van der Waals surface area contributed by atoms with E-state index in [2.05, 4.69) is 26.2 Å². The number of methoxy groups -OCH3 is 1. The molecule has 1 heterocycles. The second-order valence-corrected chi connectivity index (χ2v) is 6.68. The number of carbonyl (C=O) groups excluding carboxylic acids is 1. The number of rotatable bonds is 3. The molecule has 116 valence electrons. The molecule has 3 rings (SSSR count). The third-order valence-electron chi connectivity index (χ3n) is 3.10. The average Bonchev–Trinajstić information content (AvgIpc) is 2.89. The maximum absolute atomic E-state index is 12.1. The van der Waals surface area contributed by atoms with E-state index < -0.39 is 0 Å². The standard InChI is InChI=1S/C17H13BrN2O2S/c1-22-14-4-2-3-11(9-14)10-15-16(21)20-17(23-15)19-13-7-5-12(18)6-8-13/h2-10H,1H3,(H,19,20,21). The fourth-order valence-electron chi connectivity index (χ4n) is 2.00. The van der Waals surface area contributed by atoms with Gasteiger partial charge in [-0.05, 0) is 59.8 Å². The molecule has 0 aromatic heterocycles. The van der Waals surface area contributed by atoms with Crippen molar-refractivity contribution in [3.63, 3.8) is 0 Å². The number of ether oxygens (including phenoxy) is 1. The molecule has 0 aliphatic carbocycles. The number of carbonyl (C=O) groups is 1. The van der Waals surface area contributed by atoms with E-state index in [0.29, 0.717) is 10.1 Å². The lowest BCUT2D eigenvalue weighted by Crippen LogP contribution is -2.19. The maximum atomic E-state index is 12.1. The average molecular weight is 389 g/mol. The van der Waals surface area contributed by atoms with Crippen LogP contribution in [-0.2, 0) is 4.79 Å². The largest absolute Gasteiger partial charge is 0.497 e. The molecule has 2 aromatic rings. The first-order valence-electron chi connectivity index (χ1n) is 6.83. The highest BCUT2D eigenvalue weighted by molar-refractivity contribution is 9.10. The molecular weight excluding hydrogens is 376 g/mol. The van der Waals surface area contributed by atoms with Gasteiger partial charge in [-0.3, -0.25) is 4.79 Å². The van der Waals surface area contributed by atoms with Crippen molar-refractivity contribution in [2.75, 3.05) is 7.11 Å². The van der Waals surface area contributed by atoms with Crippen LogP contribution in [0.4, 0.5) is 5.69 Å². The lowest BCUT2D eigenvalue weighted by Gasteiger charge is -2.00. The summed E-state index contributed by atoms with van der Waals surface area (Å²) in [4.78, 5) is 17.1. The number of nitrogens with one attached hydrogen (secondary N) is 1. The molecule has 0 saturated carbocycles. The number of aliphatic imine (C=N–C) groups is 1. The molecule has 0 unspecified atom stereocenters. The Labute approximate surface area is 146 Å². The fourth-order valence-corrected chi connectivity index (χ4v) is 3.10. The number of benzene rings is 2. The van der Waals surface area contributed by atoms with Crippen molar-refractivity contribution in [2.24, 2.45) is 4.99 Å². The highest BCUT2D eigenvalue weighted by Gasteiger charge is 2.23. The van der Waals surface area contributed by atoms with Crippen LogP contribution in [0.25, 0.3) is 6.08 Å². The Morgan fingerprint density at radius 1 is 1.22 bits per heavy atom. The highest BCUT2D eigenvalue weighted by atomic mass is 79.9. The van der Waals surface area contributed by atoms with Gasteiger partial charge in [0.15, 0.2) is 5.17 Å². The second kappa shape index (κ2) is 7.02. The predicted molar refractivity (Wildman–Crippen MR) is 97.9 cm³/mol. The van der Waals surface area contributed by atoms with Gasteiger partial charge in [0, 0.05) is 4.47 Å². The Balaban J connectivity index is 1.81. The van der Waals surface area contributed by atoms with E-state index >= 15 is 0 Å². The summed E-state index contributed by atoms with van der Waals surface area (Å²) in [5.74, 6) is 0.611. The summed E-state index contributed by atoms with van der Waals surface area (Å²) in [6.07, 6.45) is 1.83. The number of nitrogens with zero attached hydrogens (tertiary/aromatic N) is 1. The zero-order chi connectivity index (χ0) is 16.2. The van der Waals surface area contributed by atoms with Gasteiger partial charge in [0.1, 0.15) is 5.75 Å². The number of hydrogen-bond acceptors (Lipinski definition) is 4. The lowest BCUT2D eigenvalue weighted by molar-refractivity contribution is -0.115. The molecule has 1 fully saturated rings. The van der Waals surface area contributed by atoms with Crippen LogP contribution in [0.5, 0.6) is 5.75 Å². The van der Waals surface area contributed by atoms with E-state index in [0.717, 1.165) is 21.5 Å². The Bertz CT molecular complexity index is 800. The van der Waals surface area contributed by atoms with Crippen molar-refractivity contribution in [2.45, 2.75) is 0 Å². The van der Waals surface area contributed by atoms with Gasteiger partial charge in [-0.2, -0.15) is 0 Å². The first kappa shape index (κ1) is 15.8. The second-order valence-electron chi connectivity index (χ2n) is 4.73. The molecule has 1 N–H and O–H groups in total. The molecule has 0 radical (unpaired) electrons. The van der Waals surface area contributed by atoms with Crippen molar-refractivity contribution in [3.05, 3.63) is 63.5 Å². The molecule has 0 atom stereocenters. The van der Waals surface area contributed by atoms with Crippen molar-refractivity contribution in [1.82, 2.24) is 5.32 Å². The fraction of sp³-hybridized carbons (Fsp3) is 0.0588. The Hall–Kier alpha value is -2.05. The summed E-state index contributed by atoms with van der Waals surface area (Å²) in [5, 5.41) is 3.35. The summed E-state index contributed by atoms with van der Waals surface area (Å²) < 4.78 is 6.18. The van der Waals surface area contributed by atoms with Gasteiger partial charge < -0.3 is 10.1 Å². The summed E-state index contributed by atoms with van der Waals surface area (Å²) in [6, 6.07) is 15.1. The number of amides is 1. The van der Waals surface area contributed by atoms with E-state index in [1.807, 2.05) is 54.6 Å². The van der Waals surface area contributed by atoms with E-state index in [1.54, 1.807) is 7.11 Å². The summed E-state index contributed by atoms with van der Waals surface area (Å²) >= 11 is 4.71. The van der Waals surface area contributed by atoms with Gasteiger partial charge in [0.2, 0.25) is 0 Å². The third kappa shape index (κ3) is 4.03. The molecule has 2 aromatic carbocycles. The van der Waals surface area contributed by atoms with E-state index in [9.17, 15) is 4.79 Å². The first-order valence-corrected chi connectivity index (χ1v) is 8.44. The highest BCUT2D eigenvalue weighted by Crippen LogP contribution is 2.29. The van der Waals surface area contributed by atoms with Crippen LogP contribution in [0, 0.1) is 0 Å². The van der Waals surface area contributed by atoms with Gasteiger partial charge >= 0.3 is 0 Å². The van der Waals surface area contributed by atoms with Crippen molar-refractivity contribution >= 4 is 50.5 Å². The topological polar surface area (TPSA) is 50.7 Å². The minimum atomic E-state index is -0.145. The van der Waals surface area contributed by atoms with Crippen molar-refractivity contribution in [3.8, 4) is 5.75 Å². The molecule has 23 heavy (non-hydrogen) atoms. The number of amidine groups is 1.